The first-order valence-electron chi connectivity index (χ1n) is 8.21. The molecule has 2 aromatic carbocycles. The van der Waals surface area contributed by atoms with E-state index >= 15 is 0 Å². The molecule has 26 heavy (non-hydrogen) atoms. The molecule has 5 nitrogen and oxygen atoms in total. The summed E-state index contributed by atoms with van der Waals surface area (Å²) in [6.07, 6.45) is 1.63. The largest absolute Gasteiger partial charge is 0.325 e. The van der Waals surface area contributed by atoms with Gasteiger partial charge in [-0.1, -0.05) is 37.7 Å². The predicted molar refractivity (Wildman–Crippen MR) is 101 cm³/mol. The molecule has 0 saturated heterocycles. The van der Waals surface area contributed by atoms with E-state index in [-0.39, 0.29) is 17.5 Å². The number of hydrogen-bond donors (Lipinski definition) is 1. The molecule has 0 atom stereocenters. The van der Waals surface area contributed by atoms with E-state index in [1.54, 1.807) is 6.33 Å². The summed E-state index contributed by atoms with van der Waals surface area (Å²) in [7, 11) is 0. The summed E-state index contributed by atoms with van der Waals surface area (Å²) in [5.74, 6) is 0.120. The van der Waals surface area contributed by atoms with Gasteiger partial charge >= 0.3 is 0 Å². The van der Waals surface area contributed by atoms with E-state index < -0.39 is 0 Å². The summed E-state index contributed by atoms with van der Waals surface area (Å²) in [6.45, 7) is 4.30. The molecular weight excluding hydrogens is 351 g/mol. The molecule has 0 aliphatic rings. The minimum absolute atomic E-state index is 0.181. The number of thioether (sulfide) groups is 1. The quantitative estimate of drug-likeness (QED) is 0.659. The lowest BCUT2D eigenvalue weighted by Gasteiger charge is -2.09. The van der Waals surface area contributed by atoms with Crippen molar-refractivity contribution in [3.8, 4) is 5.69 Å². The Kier molecular flexibility index (Phi) is 5.68. The molecule has 0 fully saturated rings. The van der Waals surface area contributed by atoms with Crippen LogP contribution in [0.15, 0.2) is 60.0 Å². The monoisotopic (exact) mass is 370 g/mol. The fourth-order valence-corrected chi connectivity index (χ4v) is 3.11. The third kappa shape index (κ3) is 4.49. The van der Waals surface area contributed by atoms with E-state index in [1.165, 1.54) is 41.6 Å². The van der Waals surface area contributed by atoms with Gasteiger partial charge < -0.3 is 5.32 Å². The van der Waals surface area contributed by atoms with Crippen LogP contribution in [-0.2, 0) is 4.79 Å². The minimum atomic E-state index is -0.339. The van der Waals surface area contributed by atoms with Gasteiger partial charge in [-0.05, 0) is 47.9 Å². The number of benzene rings is 2. The zero-order valence-electron chi connectivity index (χ0n) is 14.5. The maximum Gasteiger partial charge on any atom is 0.234 e. The zero-order chi connectivity index (χ0) is 18.5. The smallest absolute Gasteiger partial charge is 0.234 e. The molecule has 0 saturated carbocycles. The molecular formula is C19H19FN4OS. The van der Waals surface area contributed by atoms with Crippen LogP contribution in [0.25, 0.3) is 5.69 Å². The average molecular weight is 370 g/mol. The summed E-state index contributed by atoms with van der Waals surface area (Å²) in [6, 6.07) is 13.8. The highest BCUT2D eigenvalue weighted by atomic mass is 32.2. The van der Waals surface area contributed by atoms with Crippen LogP contribution in [0.5, 0.6) is 0 Å². The molecule has 0 aliphatic heterocycles. The summed E-state index contributed by atoms with van der Waals surface area (Å²) in [4.78, 5) is 12.1. The van der Waals surface area contributed by atoms with Crippen molar-refractivity contribution in [2.45, 2.75) is 24.9 Å². The van der Waals surface area contributed by atoms with Crippen molar-refractivity contribution >= 4 is 23.4 Å². The summed E-state index contributed by atoms with van der Waals surface area (Å²) in [5, 5.41) is 11.4. The first-order valence-corrected chi connectivity index (χ1v) is 9.20. The third-order valence-electron chi connectivity index (χ3n) is 3.81. The lowest BCUT2D eigenvalue weighted by atomic mass is 10.0. The predicted octanol–water partition coefficient (Wildman–Crippen LogP) is 4.26. The van der Waals surface area contributed by atoms with Gasteiger partial charge in [0.15, 0.2) is 5.16 Å². The van der Waals surface area contributed by atoms with Gasteiger partial charge in [0.2, 0.25) is 5.91 Å². The molecule has 0 unspecified atom stereocenters. The van der Waals surface area contributed by atoms with Crippen LogP contribution in [0.4, 0.5) is 10.1 Å². The fraction of sp³-hybridized carbons (Fsp3) is 0.211. The number of carbonyl (C=O) groups is 1. The highest BCUT2D eigenvalue weighted by Crippen LogP contribution is 2.22. The first kappa shape index (κ1) is 18.1. The lowest BCUT2D eigenvalue weighted by Crippen LogP contribution is -2.14. The molecule has 7 heteroatoms. The van der Waals surface area contributed by atoms with Crippen molar-refractivity contribution in [2.24, 2.45) is 0 Å². The van der Waals surface area contributed by atoms with Crippen molar-refractivity contribution in [1.82, 2.24) is 14.8 Å². The van der Waals surface area contributed by atoms with Crippen LogP contribution in [0, 0.1) is 5.82 Å². The SMILES string of the molecule is CC(C)c1ccc(-n2cnnc2SCC(=O)Nc2ccc(F)cc2)cc1. The van der Waals surface area contributed by atoms with E-state index in [2.05, 4.69) is 41.5 Å². The van der Waals surface area contributed by atoms with Gasteiger partial charge in [-0.25, -0.2) is 4.39 Å². The summed E-state index contributed by atoms with van der Waals surface area (Å²) in [5.41, 5.74) is 2.76. The first-order chi connectivity index (χ1) is 12.5. The second kappa shape index (κ2) is 8.14. The van der Waals surface area contributed by atoms with E-state index in [4.69, 9.17) is 0 Å². The molecule has 3 rings (SSSR count). The van der Waals surface area contributed by atoms with Crippen molar-refractivity contribution in [2.75, 3.05) is 11.1 Å². The number of halogens is 1. The van der Waals surface area contributed by atoms with E-state index in [9.17, 15) is 9.18 Å². The Morgan fingerprint density at radius 3 is 2.50 bits per heavy atom. The van der Waals surface area contributed by atoms with Crippen LogP contribution in [0.3, 0.4) is 0 Å². The Morgan fingerprint density at radius 1 is 1.15 bits per heavy atom. The Bertz CT molecular complexity index is 875. The zero-order valence-corrected chi connectivity index (χ0v) is 15.3. The molecule has 1 amide bonds. The molecule has 1 heterocycles. The fourth-order valence-electron chi connectivity index (χ4n) is 2.38. The highest BCUT2D eigenvalue weighted by molar-refractivity contribution is 7.99. The maximum absolute atomic E-state index is 12.9. The van der Waals surface area contributed by atoms with Crippen molar-refractivity contribution < 1.29 is 9.18 Å². The molecule has 3 aromatic rings. The molecule has 0 aliphatic carbocycles. The summed E-state index contributed by atoms with van der Waals surface area (Å²) >= 11 is 1.29. The number of rotatable bonds is 6. The van der Waals surface area contributed by atoms with Gasteiger partial charge in [-0.2, -0.15) is 0 Å². The number of amides is 1. The van der Waals surface area contributed by atoms with E-state index in [1.807, 2.05) is 16.7 Å². The number of hydrogen-bond acceptors (Lipinski definition) is 4. The lowest BCUT2D eigenvalue weighted by molar-refractivity contribution is -0.113. The Labute approximate surface area is 155 Å². The number of carbonyl (C=O) groups excluding carboxylic acids is 1. The summed E-state index contributed by atoms with van der Waals surface area (Å²) < 4.78 is 14.7. The van der Waals surface area contributed by atoms with Gasteiger partial charge in [0.1, 0.15) is 12.1 Å². The molecule has 134 valence electrons. The average Bonchev–Trinajstić information content (AvgIpc) is 3.10. The van der Waals surface area contributed by atoms with Crippen molar-refractivity contribution in [3.63, 3.8) is 0 Å². The Balaban J connectivity index is 1.63. The van der Waals surface area contributed by atoms with Gasteiger partial charge in [0.25, 0.3) is 0 Å². The van der Waals surface area contributed by atoms with Crippen molar-refractivity contribution in [1.29, 1.82) is 0 Å². The van der Waals surface area contributed by atoms with Crippen LogP contribution < -0.4 is 5.32 Å². The highest BCUT2D eigenvalue weighted by Gasteiger charge is 2.11. The molecule has 1 aromatic heterocycles. The number of anilines is 1. The van der Waals surface area contributed by atoms with Gasteiger partial charge in [0.05, 0.1) is 5.75 Å². The van der Waals surface area contributed by atoms with Crippen LogP contribution in [-0.4, -0.2) is 26.4 Å². The van der Waals surface area contributed by atoms with Gasteiger partial charge in [-0.15, -0.1) is 10.2 Å². The Morgan fingerprint density at radius 2 is 1.85 bits per heavy atom. The van der Waals surface area contributed by atoms with Crippen LogP contribution >= 0.6 is 11.8 Å². The minimum Gasteiger partial charge on any atom is -0.325 e. The topological polar surface area (TPSA) is 59.8 Å². The second-order valence-corrected chi connectivity index (χ2v) is 7.02. The van der Waals surface area contributed by atoms with E-state index in [0.29, 0.717) is 16.8 Å². The standard InChI is InChI=1S/C19H19FN4OS/c1-13(2)14-3-9-17(10-4-14)24-12-21-23-19(24)26-11-18(25)22-16-7-5-15(20)6-8-16/h3-10,12-13H,11H2,1-2H3,(H,22,25). The molecule has 0 spiro atoms. The third-order valence-corrected chi connectivity index (χ3v) is 4.76. The molecule has 1 N–H and O–H groups in total. The van der Waals surface area contributed by atoms with Gasteiger partial charge in [0, 0.05) is 11.4 Å². The maximum atomic E-state index is 12.9. The molecule has 0 bridgehead atoms. The number of aromatic nitrogens is 3. The van der Waals surface area contributed by atoms with Crippen molar-refractivity contribution in [3.05, 3.63) is 66.2 Å². The van der Waals surface area contributed by atoms with Crippen LogP contribution in [0.2, 0.25) is 0 Å². The Hall–Kier alpha value is -2.67. The molecule has 0 radical (unpaired) electrons. The van der Waals surface area contributed by atoms with Gasteiger partial charge in [-0.3, -0.25) is 9.36 Å². The number of nitrogens with one attached hydrogen (secondary N) is 1. The van der Waals surface area contributed by atoms with Crippen LogP contribution in [0.1, 0.15) is 25.3 Å². The van der Waals surface area contributed by atoms with E-state index in [0.717, 1.165) is 5.69 Å². The normalized spacial score (nSPS) is 10.9. The second-order valence-electron chi connectivity index (χ2n) is 6.07. The number of nitrogens with zero attached hydrogens (tertiary/aromatic N) is 3.